The highest BCUT2D eigenvalue weighted by Gasteiger charge is 2.21. The Morgan fingerprint density at radius 1 is 0.385 bits per heavy atom. The number of hydrogen-bond acceptors (Lipinski definition) is 3. The highest BCUT2D eigenvalue weighted by molar-refractivity contribution is 6.29. The van der Waals surface area contributed by atoms with Crippen molar-refractivity contribution in [2.45, 2.75) is 6.42 Å². The molecule has 0 aliphatic heterocycles. The third kappa shape index (κ3) is 2.64. The Bertz CT molecular complexity index is 2530. The largest absolute Gasteiger partial charge is 0.252 e. The zero-order valence-corrected chi connectivity index (χ0v) is 20.9. The van der Waals surface area contributed by atoms with Gasteiger partial charge in [0.15, 0.2) is 0 Å². The van der Waals surface area contributed by atoms with Gasteiger partial charge in [-0.1, -0.05) is 60.7 Å². The molecule has 0 saturated heterocycles. The van der Waals surface area contributed by atoms with Gasteiger partial charge in [-0.3, -0.25) is 4.98 Å². The lowest BCUT2D eigenvalue weighted by atomic mass is 9.93. The molecule has 0 spiro atoms. The second-order valence-electron chi connectivity index (χ2n) is 10.8. The van der Waals surface area contributed by atoms with Crippen molar-refractivity contribution in [3.63, 3.8) is 0 Å². The second-order valence-corrected chi connectivity index (χ2v) is 10.8. The molecule has 0 saturated carbocycles. The van der Waals surface area contributed by atoms with Crippen LogP contribution in [0.3, 0.4) is 0 Å². The van der Waals surface area contributed by atoms with E-state index in [-0.39, 0.29) is 0 Å². The van der Waals surface area contributed by atoms with Gasteiger partial charge in [-0.25, -0.2) is 9.97 Å². The number of pyridine rings is 3. The van der Waals surface area contributed by atoms with E-state index in [4.69, 9.17) is 15.0 Å². The zero-order chi connectivity index (χ0) is 25.2. The van der Waals surface area contributed by atoms with Crippen LogP contribution < -0.4 is 0 Å². The van der Waals surface area contributed by atoms with Gasteiger partial charge in [-0.15, -0.1) is 0 Å². The van der Waals surface area contributed by atoms with Gasteiger partial charge < -0.3 is 0 Å². The number of hydrogen-bond donors (Lipinski definition) is 0. The summed E-state index contributed by atoms with van der Waals surface area (Å²) < 4.78 is 0. The average Bonchev–Trinajstić information content (AvgIpc) is 3.76. The number of aromatic nitrogens is 3. The third-order valence-corrected chi connectivity index (χ3v) is 8.59. The lowest BCUT2D eigenvalue weighted by molar-refractivity contribution is 1.38. The van der Waals surface area contributed by atoms with Crippen molar-refractivity contribution in [1.82, 2.24) is 15.0 Å². The van der Waals surface area contributed by atoms with Crippen LogP contribution in [0, 0.1) is 0 Å². The minimum absolute atomic E-state index is 1.00. The minimum atomic E-state index is 1.00. The molecule has 3 heteroatoms. The summed E-state index contributed by atoms with van der Waals surface area (Å²) in [5, 5.41) is 13.0. The fraction of sp³-hybridized carbons (Fsp3) is 0.0278. The number of nitrogens with zero attached hydrogens (tertiary/aromatic N) is 3. The fourth-order valence-corrected chi connectivity index (χ4v) is 6.58. The van der Waals surface area contributed by atoms with Gasteiger partial charge in [0.1, 0.15) is 0 Å². The summed E-state index contributed by atoms with van der Waals surface area (Å²) in [6, 6.07) is 37.3. The maximum absolute atomic E-state index is 5.21. The van der Waals surface area contributed by atoms with Crippen molar-refractivity contribution >= 4 is 86.8 Å². The topological polar surface area (TPSA) is 38.7 Å². The summed E-state index contributed by atoms with van der Waals surface area (Å²) in [5.41, 5.74) is 7.74. The molecule has 39 heavy (non-hydrogen) atoms. The van der Waals surface area contributed by atoms with Crippen molar-refractivity contribution in [3.8, 4) is 0 Å². The van der Waals surface area contributed by atoms with Crippen LogP contribution in [-0.4, -0.2) is 15.0 Å². The molecule has 0 radical (unpaired) electrons. The van der Waals surface area contributed by atoms with Gasteiger partial charge >= 0.3 is 0 Å². The molecule has 3 nitrogen and oxygen atoms in total. The molecule has 3 aromatic heterocycles. The van der Waals surface area contributed by atoms with Gasteiger partial charge in [0.2, 0.25) is 0 Å². The van der Waals surface area contributed by atoms with Crippen LogP contribution in [0.15, 0.2) is 103 Å². The van der Waals surface area contributed by atoms with Crippen molar-refractivity contribution in [3.05, 3.63) is 114 Å². The summed E-state index contributed by atoms with van der Waals surface area (Å²) in [6.07, 6.45) is 1.02. The van der Waals surface area contributed by atoms with Crippen LogP contribution in [0.1, 0.15) is 11.3 Å². The summed E-state index contributed by atoms with van der Waals surface area (Å²) in [7, 11) is 0. The number of rotatable bonds is 0. The number of fused-ring (bicyclic) bond motifs is 14. The van der Waals surface area contributed by atoms with Crippen molar-refractivity contribution < 1.29 is 0 Å². The molecule has 10 rings (SSSR count). The lowest BCUT2D eigenvalue weighted by Crippen LogP contribution is -1.92. The molecule has 178 valence electrons. The van der Waals surface area contributed by atoms with Gasteiger partial charge in [0.05, 0.1) is 27.6 Å². The van der Waals surface area contributed by atoms with Crippen molar-refractivity contribution in [2.75, 3.05) is 0 Å². The third-order valence-electron chi connectivity index (χ3n) is 8.59. The Hall–Kier alpha value is -5.15. The van der Waals surface area contributed by atoms with Crippen LogP contribution in [0.4, 0.5) is 0 Å². The van der Waals surface area contributed by atoms with E-state index in [0.29, 0.717) is 0 Å². The number of benzene rings is 6. The molecule has 9 aromatic rings. The predicted molar refractivity (Wildman–Crippen MR) is 163 cm³/mol. The normalized spacial score (nSPS) is 13.0. The minimum Gasteiger partial charge on any atom is -0.252 e. The molecule has 0 N–H and O–H groups in total. The second kappa shape index (κ2) is 6.83. The summed E-state index contributed by atoms with van der Waals surface area (Å²) in [4.78, 5) is 15.4. The first-order valence-corrected chi connectivity index (χ1v) is 13.4. The molecule has 3 heterocycles. The Balaban J connectivity index is 1.44. The van der Waals surface area contributed by atoms with E-state index in [1.165, 1.54) is 43.6 Å². The maximum atomic E-state index is 5.21. The van der Waals surface area contributed by atoms with Gasteiger partial charge in [0.25, 0.3) is 0 Å². The van der Waals surface area contributed by atoms with E-state index in [1.54, 1.807) is 0 Å². The first-order chi connectivity index (χ1) is 19.3. The molecule has 0 amide bonds. The first-order valence-electron chi connectivity index (χ1n) is 13.4. The Kier molecular flexibility index (Phi) is 3.48. The highest BCUT2D eigenvalue weighted by atomic mass is 14.7. The first kappa shape index (κ1) is 19.9. The number of para-hydroxylation sites is 2. The van der Waals surface area contributed by atoms with Gasteiger partial charge in [0, 0.05) is 49.8 Å². The SMILES string of the molecule is c1ccc2nc3c(cc2c1)c1cc2c(ccc4c2ccc2cc5c(nc24)C5)cc1c1nc2ccccc2cc31. The van der Waals surface area contributed by atoms with Crippen LogP contribution in [-0.2, 0) is 6.42 Å². The molecular formula is C36H19N3. The summed E-state index contributed by atoms with van der Waals surface area (Å²) >= 11 is 0. The molecule has 1 aliphatic rings. The zero-order valence-electron chi connectivity index (χ0n) is 20.9. The molecule has 0 atom stereocenters. The van der Waals surface area contributed by atoms with Crippen LogP contribution in [0.5, 0.6) is 0 Å². The fourth-order valence-electron chi connectivity index (χ4n) is 6.58. The summed E-state index contributed by atoms with van der Waals surface area (Å²) in [6.45, 7) is 0. The molecule has 0 bridgehead atoms. The lowest BCUT2D eigenvalue weighted by Gasteiger charge is -2.14. The molecule has 0 unspecified atom stereocenters. The molecule has 0 fully saturated rings. The van der Waals surface area contributed by atoms with Crippen LogP contribution in [0.2, 0.25) is 0 Å². The van der Waals surface area contributed by atoms with E-state index in [2.05, 4.69) is 103 Å². The Morgan fingerprint density at radius 2 is 1.03 bits per heavy atom. The Labute approximate surface area is 222 Å². The smallest absolute Gasteiger partial charge is 0.0810 e. The predicted octanol–water partition coefficient (Wildman–Crippen LogP) is 9.00. The van der Waals surface area contributed by atoms with E-state index >= 15 is 0 Å². The van der Waals surface area contributed by atoms with Gasteiger partial charge in [-0.05, 0) is 69.6 Å². The van der Waals surface area contributed by atoms with E-state index in [9.17, 15) is 0 Å². The monoisotopic (exact) mass is 493 g/mol. The van der Waals surface area contributed by atoms with Crippen LogP contribution >= 0.6 is 0 Å². The van der Waals surface area contributed by atoms with E-state index in [0.717, 1.165) is 60.9 Å². The molecular weight excluding hydrogens is 474 g/mol. The molecule has 1 aliphatic carbocycles. The van der Waals surface area contributed by atoms with Crippen molar-refractivity contribution in [2.24, 2.45) is 0 Å². The average molecular weight is 494 g/mol. The molecule has 6 aromatic carbocycles. The van der Waals surface area contributed by atoms with E-state index in [1.807, 2.05) is 0 Å². The Morgan fingerprint density at radius 3 is 1.79 bits per heavy atom. The standard InChI is InChI=1S/C36H19N3/c1-3-7-31-20(5-1)15-29-27-18-26-19(9-12-25-24(26)11-10-22-13-23-17-33(23)39-34(22)25)14-28(27)35-30(36(29)37-31)16-21-6-2-4-8-32(21)38-35/h1-16,18H,17H2. The van der Waals surface area contributed by atoms with Crippen molar-refractivity contribution in [1.29, 1.82) is 0 Å². The quantitative estimate of drug-likeness (QED) is 0.156. The van der Waals surface area contributed by atoms with E-state index < -0.39 is 0 Å². The summed E-state index contributed by atoms with van der Waals surface area (Å²) in [5.74, 6) is 0. The highest BCUT2D eigenvalue weighted by Crippen LogP contribution is 2.41. The maximum Gasteiger partial charge on any atom is 0.0810 e. The van der Waals surface area contributed by atoms with Crippen LogP contribution in [0.25, 0.3) is 86.8 Å². The van der Waals surface area contributed by atoms with Gasteiger partial charge in [-0.2, -0.15) is 0 Å².